The van der Waals surface area contributed by atoms with Gasteiger partial charge in [0.05, 0.1) is 26.7 Å². The molecule has 1 atom stereocenters. The fraction of sp³-hybridized carbons (Fsp3) is 0.455. The Morgan fingerprint density at radius 2 is 2.04 bits per heavy atom. The van der Waals surface area contributed by atoms with Crippen LogP contribution in [0.2, 0.25) is 0 Å². The maximum absolute atomic E-state index is 11.6. The molecule has 5 nitrogen and oxygen atoms in total. The number of carbonyl (C=O) groups is 1. The number of ether oxygens (including phenoxy) is 3. The number of hydrogen-bond acceptors (Lipinski definition) is 5. The zero-order valence-electron chi connectivity index (χ0n) is 16.2. The highest BCUT2D eigenvalue weighted by atomic mass is 16.5. The summed E-state index contributed by atoms with van der Waals surface area (Å²) in [6.45, 7) is 2.59. The van der Waals surface area contributed by atoms with E-state index in [0.29, 0.717) is 30.7 Å². The van der Waals surface area contributed by atoms with Crippen LogP contribution in [-0.4, -0.2) is 31.8 Å². The molecular formula is C22H27NO4. The lowest BCUT2D eigenvalue weighted by atomic mass is 9.72. The van der Waals surface area contributed by atoms with Gasteiger partial charge in [0.25, 0.3) is 0 Å². The Labute approximate surface area is 160 Å². The van der Waals surface area contributed by atoms with Crippen molar-refractivity contribution in [3.63, 3.8) is 0 Å². The molecule has 1 aliphatic rings. The average Bonchev–Trinajstić information content (AvgIpc) is 2.66. The highest BCUT2D eigenvalue weighted by Crippen LogP contribution is 2.42. The van der Waals surface area contributed by atoms with E-state index in [0.717, 1.165) is 24.2 Å². The summed E-state index contributed by atoms with van der Waals surface area (Å²) in [5, 5.41) is 0. The van der Waals surface area contributed by atoms with Gasteiger partial charge in [-0.2, -0.15) is 0 Å². The molecule has 2 aromatic rings. The molecule has 0 unspecified atom stereocenters. The Bertz CT molecular complexity index is 770. The van der Waals surface area contributed by atoms with Gasteiger partial charge >= 0.3 is 5.97 Å². The van der Waals surface area contributed by atoms with E-state index >= 15 is 0 Å². The Hall–Kier alpha value is -2.56. The normalized spacial score (nSPS) is 19.7. The molecule has 0 saturated heterocycles. The standard InChI is InChI=1S/C22H27NO4/c1-15(22(24)26-3)9-16-5-4-6-20(12-16)27-14-17-10-19(11-17)18-7-8-23-21(13-18)25-2/h4-8,12-13,15,17,19H,9-11,14H2,1-3H3/t15-,17?,19?/m0/s1. The van der Waals surface area contributed by atoms with Crippen molar-refractivity contribution in [3.8, 4) is 11.6 Å². The molecule has 1 aromatic heterocycles. The van der Waals surface area contributed by atoms with Gasteiger partial charge < -0.3 is 14.2 Å². The van der Waals surface area contributed by atoms with Crippen LogP contribution in [-0.2, 0) is 16.0 Å². The van der Waals surface area contributed by atoms with Gasteiger partial charge in [-0.1, -0.05) is 19.1 Å². The largest absolute Gasteiger partial charge is 0.493 e. The lowest BCUT2D eigenvalue weighted by Crippen LogP contribution is -2.27. The molecule has 3 rings (SSSR count). The van der Waals surface area contributed by atoms with Gasteiger partial charge in [-0.15, -0.1) is 0 Å². The number of hydrogen-bond donors (Lipinski definition) is 0. The Balaban J connectivity index is 1.47. The Morgan fingerprint density at radius 1 is 1.22 bits per heavy atom. The van der Waals surface area contributed by atoms with Crippen molar-refractivity contribution in [3.05, 3.63) is 53.7 Å². The second-order valence-electron chi connectivity index (χ2n) is 7.25. The number of carbonyl (C=O) groups excluding carboxylic acids is 1. The fourth-order valence-electron chi connectivity index (χ4n) is 3.55. The summed E-state index contributed by atoms with van der Waals surface area (Å²) in [5.41, 5.74) is 2.37. The molecular weight excluding hydrogens is 342 g/mol. The van der Waals surface area contributed by atoms with Gasteiger partial charge in [0.1, 0.15) is 5.75 Å². The molecule has 1 fully saturated rings. The van der Waals surface area contributed by atoms with Crippen molar-refractivity contribution >= 4 is 5.97 Å². The zero-order chi connectivity index (χ0) is 19.2. The van der Waals surface area contributed by atoms with E-state index in [-0.39, 0.29) is 11.9 Å². The molecule has 5 heteroatoms. The molecule has 0 amide bonds. The number of rotatable bonds is 8. The Kier molecular flexibility index (Phi) is 6.32. The smallest absolute Gasteiger partial charge is 0.308 e. The quantitative estimate of drug-likeness (QED) is 0.658. The number of aromatic nitrogens is 1. The number of pyridine rings is 1. The van der Waals surface area contributed by atoms with E-state index in [4.69, 9.17) is 14.2 Å². The van der Waals surface area contributed by atoms with Crippen LogP contribution in [0.4, 0.5) is 0 Å². The highest BCUT2D eigenvalue weighted by molar-refractivity contribution is 5.72. The van der Waals surface area contributed by atoms with Crippen LogP contribution in [0.5, 0.6) is 11.6 Å². The predicted molar refractivity (Wildman–Crippen MR) is 103 cm³/mol. The molecule has 0 N–H and O–H groups in total. The van der Waals surface area contributed by atoms with Crippen molar-refractivity contribution in [2.75, 3.05) is 20.8 Å². The van der Waals surface area contributed by atoms with Gasteiger partial charge in [0, 0.05) is 12.3 Å². The number of esters is 1. The lowest BCUT2D eigenvalue weighted by molar-refractivity contribution is -0.144. The van der Waals surface area contributed by atoms with Gasteiger partial charge in [0.2, 0.25) is 5.88 Å². The number of methoxy groups -OCH3 is 2. The van der Waals surface area contributed by atoms with Crippen molar-refractivity contribution in [1.82, 2.24) is 4.98 Å². The third-order valence-corrected chi connectivity index (χ3v) is 5.20. The van der Waals surface area contributed by atoms with Crippen LogP contribution >= 0.6 is 0 Å². The molecule has 144 valence electrons. The molecule has 1 aliphatic carbocycles. The Morgan fingerprint density at radius 3 is 2.78 bits per heavy atom. The monoisotopic (exact) mass is 369 g/mol. The molecule has 0 aliphatic heterocycles. The minimum atomic E-state index is -0.186. The van der Waals surface area contributed by atoms with Crippen molar-refractivity contribution in [2.24, 2.45) is 11.8 Å². The van der Waals surface area contributed by atoms with E-state index < -0.39 is 0 Å². The predicted octanol–water partition coefficient (Wildman–Crippen LogP) is 4.01. The summed E-state index contributed by atoms with van der Waals surface area (Å²) >= 11 is 0. The molecule has 0 radical (unpaired) electrons. The molecule has 0 spiro atoms. The molecule has 1 heterocycles. The summed E-state index contributed by atoms with van der Waals surface area (Å²) in [5.74, 6) is 2.31. The second kappa shape index (κ2) is 8.89. The average molecular weight is 369 g/mol. The third-order valence-electron chi connectivity index (χ3n) is 5.20. The maximum atomic E-state index is 11.6. The SMILES string of the molecule is COC(=O)[C@@H](C)Cc1cccc(OCC2CC(c3ccnc(OC)c3)C2)c1. The van der Waals surface area contributed by atoms with Crippen molar-refractivity contribution in [1.29, 1.82) is 0 Å². The summed E-state index contributed by atoms with van der Waals surface area (Å²) in [6.07, 6.45) is 4.69. The summed E-state index contributed by atoms with van der Waals surface area (Å²) < 4.78 is 16.0. The van der Waals surface area contributed by atoms with Gasteiger partial charge in [-0.3, -0.25) is 4.79 Å². The third kappa shape index (κ3) is 5.00. The number of benzene rings is 1. The second-order valence-corrected chi connectivity index (χ2v) is 7.25. The van der Waals surface area contributed by atoms with E-state index in [2.05, 4.69) is 11.1 Å². The van der Waals surface area contributed by atoms with Gasteiger partial charge in [-0.05, 0) is 60.4 Å². The minimum absolute atomic E-state index is 0.157. The van der Waals surface area contributed by atoms with E-state index in [1.165, 1.54) is 12.7 Å². The topological polar surface area (TPSA) is 57.7 Å². The molecule has 1 saturated carbocycles. The summed E-state index contributed by atoms with van der Waals surface area (Å²) in [6, 6.07) is 12.1. The van der Waals surface area contributed by atoms with Crippen LogP contribution in [0.3, 0.4) is 0 Å². The molecule has 0 bridgehead atoms. The van der Waals surface area contributed by atoms with E-state index in [1.54, 1.807) is 13.3 Å². The van der Waals surface area contributed by atoms with Crippen LogP contribution in [0.15, 0.2) is 42.6 Å². The van der Waals surface area contributed by atoms with Gasteiger partial charge in [-0.25, -0.2) is 4.98 Å². The maximum Gasteiger partial charge on any atom is 0.308 e. The molecule has 1 aromatic carbocycles. The summed E-state index contributed by atoms with van der Waals surface area (Å²) in [7, 11) is 3.07. The highest BCUT2D eigenvalue weighted by Gasteiger charge is 2.31. The molecule has 27 heavy (non-hydrogen) atoms. The first kappa shape index (κ1) is 19.2. The minimum Gasteiger partial charge on any atom is -0.493 e. The first-order chi connectivity index (χ1) is 13.1. The van der Waals surface area contributed by atoms with Crippen LogP contribution in [0, 0.1) is 11.8 Å². The van der Waals surface area contributed by atoms with Crippen molar-refractivity contribution < 1.29 is 19.0 Å². The number of nitrogens with zero attached hydrogens (tertiary/aromatic N) is 1. The van der Waals surface area contributed by atoms with Crippen LogP contribution in [0.1, 0.15) is 36.8 Å². The van der Waals surface area contributed by atoms with Gasteiger partial charge in [0.15, 0.2) is 0 Å². The van der Waals surface area contributed by atoms with Crippen molar-refractivity contribution in [2.45, 2.75) is 32.1 Å². The van der Waals surface area contributed by atoms with E-state index in [9.17, 15) is 4.79 Å². The first-order valence-corrected chi connectivity index (χ1v) is 9.38. The fourth-order valence-corrected chi connectivity index (χ4v) is 3.55. The van der Waals surface area contributed by atoms with Crippen LogP contribution < -0.4 is 9.47 Å². The zero-order valence-corrected chi connectivity index (χ0v) is 16.2. The lowest BCUT2D eigenvalue weighted by Gasteiger charge is -2.35. The van der Waals surface area contributed by atoms with Crippen LogP contribution in [0.25, 0.3) is 0 Å². The first-order valence-electron chi connectivity index (χ1n) is 9.38. The summed E-state index contributed by atoms with van der Waals surface area (Å²) in [4.78, 5) is 15.7. The van der Waals surface area contributed by atoms with E-state index in [1.807, 2.05) is 37.3 Å².